The first-order chi connectivity index (χ1) is 11.6. The Bertz CT molecular complexity index is 593. The lowest BCUT2D eigenvalue weighted by Crippen LogP contribution is -2.36. The number of benzene rings is 1. The minimum absolute atomic E-state index is 0. The highest BCUT2D eigenvalue weighted by Gasteiger charge is 2.33. The minimum atomic E-state index is -0.0273. The van der Waals surface area contributed by atoms with Crippen molar-refractivity contribution in [2.45, 2.75) is 51.4 Å². The van der Waals surface area contributed by atoms with Gasteiger partial charge in [0.1, 0.15) is 0 Å². The van der Waals surface area contributed by atoms with Gasteiger partial charge in [-0.25, -0.2) is 0 Å². The Labute approximate surface area is 155 Å². The molecule has 138 valence electrons. The zero-order valence-electron chi connectivity index (χ0n) is 14.6. The van der Waals surface area contributed by atoms with Crippen LogP contribution in [0.25, 0.3) is 0 Å². The molecule has 5 nitrogen and oxygen atoms in total. The first kappa shape index (κ1) is 19.7. The fourth-order valence-corrected chi connectivity index (χ4v) is 3.53. The van der Waals surface area contributed by atoms with E-state index >= 15 is 0 Å². The molecule has 3 rings (SSSR count). The first-order valence-corrected chi connectivity index (χ1v) is 9.01. The predicted molar refractivity (Wildman–Crippen MR) is 103 cm³/mol. The van der Waals surface area contributed by atoms with Crippen molar-refractivity contribution in [2.75, 3.05) is 17.2 Å². The minimum Gasteiger partial charge on any atom is -0.330 e. The van der Waals surface area contributed by atoms with E-state index in [1.54, 1.807) is 0 Å². The van der Waals surface area contributed by atoms with E-state index in [9.17, 15) is 9.59 Å². The molecule has 0 saturated heterocycles. The monoisotopic (exact) mass is 365 g/mol. The normalized spacial score (nSPS) is 18.8. The van der Waals surface area contributed by atoms with Crippen LogP contribution in [-0.2, 0) is 9.59 Å². The predicted octanol–water partition coefficient (Wildman–Crippen LogP) is 3.69. The molecule has 2 saturated carbocycles. The fraction of sp³-hybridized carbons (Fsp3) is 0.579. The first-order valence-electron chi connectivity index (χ1n) is 9.01. The maximum Gasteiger partial charge on any atom is 0.227 e. The number of amides is 2. The van der Waals surface area contributed by atoms with Gasteiger partial charge in [0.05, 0.1) is 0 Å². The average molecular weight is 366 g/mol. The summed E-state index contributed by atoms with van der Waals surface area (Å²) in [4.78, 5) is 24.1. The molecule has 6 heteroatoms. The molecule has 2 amide bonds. The molecule has 0 aliphatic heterocycles. The summed E-state index contributed by atoms with van der Waals surface area (Å²) in [6.45, 7) is 0.576. The van der Waals surface area contributed by atoms with Crippen molar-refractivity contribution in [3.63, 3.8) is 0 Å². The number of nitrogens with two attached hydrogens (primary N) is 1. The van der Waals surface area contributed by atoms with E-state index in [1.165, 1.54) is 19.3 Å². The Morgan fingerprint density at radius 1 is 1.00 bits per heavy atom. The van der Waals surface area contributed by atoms with Gasteiger partial charge in [-0.1, -0.05) is 19.3 Å². The molecule has 4 N–H and O–H groups in total. The van der Waals surface area contributed by atoms with Crippen molar-refractivity contribution in [3.8, 4) is 0 Å². The number of carbonyl (C=O) groups excluding carboxylic acids is 2. The van der Waals surface area contributed by atoms with Crippen LogP contribution in [-0.4, -0.2) is 18.4 Å². The van der Waals surface area contributed by atoms with Crippen molar-refractivity contribution in [3.05, 3.63) is 24.3 Å². The highest BCUT2D eigenvalue weighted by molar-refractivity contribution is 5.95. The number of hydrogen-bond acceptors (Lipinski definition) is 3. The van der Waals surface area contributed by atoms with E-state index in [-0.39, 0.29) is 35.6 Å². The van der Waals surface area contributed by atoms with E-state index in [2.05, 4.69) is 10.6 Å². The SMILES string of the molecule is Cl.NCC1(CC(=O)Nc2ccc(NC(=O)C3CC3)cc2)CCCCC1. The Morgan fingerprint density at radius 2 is 1.56 bits per heavy atom. The number of rotatable bonds is 6. The molecule has 0 bridgehead atoms. The van der Waals surface area contributed by atoms with Crippen LogP contribution in [0.1, 0.15) is 51.4 Å². The third-order valence-corrected chi connectivity index (χ3v) is 5.27. The van der Waals surface area contributed by atoms with Gasteiger partial charge in [-0.15, -0.1) is 12.4 Å². The highest BCUT2D eigenvalue weighted by atomic mass is 35.5. The summed E-state index contributed by atoms with van der Waals surface area (Å²) in [6.07, 6.45) is 8.14. The van der Waals surface area contributed by atoms with Crippen LogP contribution in [0.3, 0.4) is 0 Å². The van der Waals surface area contributed by atoms with Crippen LogP contribution < -0.4 is 16.4 Å². The molecule has 0 atom stereocenters. The molecule has 1 aromatic rings. The zero-order chi connectivity index (χ0) is 17.0. The Balaban J connectivity index is 0.00000225. The number of hydrogen-bond donors (Lipinski definition) is 3. The lowest BCUT2D eigenvalue weighted by molar-refractivity contribution is -0.119. The maximum absolute atomic E-state index is 12.4. The van der Waals surface area contributed by atoms with Crippen LogP contribution in [0.4, 0.5) is 11.4 Å². The van der Waals surface area contributed by atoms with Crippen molar-refractivity contribution in [1.29, 1.82) is 0 Å². The standard InChI is InChI=1S/C19H27N3O2.ClH/c20-13-19(10-2-1-3-11-19)12-17(23)21-15-6-8-16(9-7-15)22-18(24)14-4-5-14;/h6-9,14H,1-5,10-13,20H2,(H,21,23)(H,22,24);1H. The Kier molecular flexibility index (Phi) is 6.85. The molecule has 1 aromatic carbocycles. The summed E-state index contributed by atoms with van der Waals surface area (Å²) in [5.74, 6) is 0.304. The summed E-state index contributed by atoms with van der Waals surface area (Å²) >= 11 is 0. The van der Waals surface area contributed by atoms with E-state index in [0.717, 1.165) is 37.1 Å². The van der Waals surface area contributed by atoms with Crippen LogP contribution in [0.2, 0.25) is 0 Å². The second-order valence-electron chi connectivity index (χ2n) is 7.33. The third-order valence-electron chi connectivity index (χ3n) is 5.27. The van der Waals surface area contributed by atoms with Crippen LogP contribution in [0.5, 0.6) is 0 Å². The Morgan fingerprint density at radius 3 is 2.08 bits per heavy atom. The van der Waals surface area contributed by atoms with Crippen molar-refractivity contribution >= 4 is 35.6 Å². The van der Waals surface area contributed by atoms with E-state index < -0.39 is 0 Å². The zero-order valence-corrected chi connectivity index (χ0v) is 15.4. The molecule has 0 heterocycles. The Hall–Kier alpha value is -1.59. The summed E-state index contributed by atoms with van der Waals surface area (Å²) in [6, 6.07) is 7.32. The molecule has 0 spiro atoms. The summed E-state index contributed by atoms with van der Waals surface area (Å²) in [5.41, 5.74) is 7.46. The highest BCUT2D eigenvalue weighted by Crippen LogP contribution is 2.38. The van der Waals surface area contributed by atoms with Gasteiger partial charge in [0.15, 0.2) is 0 Å². The van der Waals surface area contributed by atoms with Gasteiger partial charge in [0, 0.05) is 23.7 Å². The molecule has 0 aromatic heterocycles. The molecular formula is C19H28ClN3O2. The van der Waals surface area contributed by atoms with E-state index in [0.29, 0.717) is 13.0 Å². The summed E-state index contributed by atoms with van der Waals surface area (Å²) in [7, 11) is 0. The second-order valence-corrected chi connectivity index (χ2v) is 7.33. The van der Waals surface area contributed by atoms with Crippen molar-refractivity contribution in [1.82, 2.24) is 0 Å². The molecule has 2 aliphatic carbocycles. The van der Waals surface area contributed by atoms with Crippen molar-refractivity contribution in [2.24, 2.45) is 17.1 Å². The van der Waals surface area contributed by atoms with Gasteiger partial charge in [-0.2, -0.15) is 0 Å². The number of carbonyl (C=O) groups is 2. The van der Waals surface area contributed by atoms with Gasteiger partial charge < -0.3 is 16.4 Å². The van der Waals surface area contributed by atoms with E-state index in [4.69, 9.17) is 5.73 Å². The molecule has 0 radical (unpaired) electrons. The van der Waals surface area contributed by atoms with Gasteiger partial charge in [-0.3, -0.25) is 9.59 Å². The third kappa shape index (κ3) is 5.44. The van der Waals surface area contributed by atoms with Gasteiger partial charge in [0.25, 0.3) is 0 Å². The van der Waals surface area contributed by atoms with Gasteiger partial charge in [-0.05, 0) is 61.9 Å². The second kappa shape index (κ2) is 8.68. The topological polar surface area (TPSA) is 84.2 Å². The van der Waals surface area contributed by atoms with Gasteiger partial charge in [0.2, 0.25) is 11.8 Å². The number of nitrogens with one attached hydrogen (secondary N) is 2. The van der Waals surface area contributed by atoms with Crippen molar-refractivity contribution < 1.29 is 9.59 Å². The van der Waals surface area contributed by atoms with Gasteiger partial charge >= 0.3 is 0 Å². The summed E-state index contributed by atoms with van der Waals surface area (Å²) in [5, 5.41) is 5.85. The van der Waals surface area contributed by atoms with Crippen LogP contribution in [0, 0.1) is 11.3 Å². The molecule has 2 aliphatic rings. The number of halogens is 1. The maximum atomic E-state index is 12.4. The molecule has 2 fully saturated rings. The summed E-state index contributed by atoms with van der Waals surface area (Å²) < 4.78 is 0. The lowest BCUT2D eigenvalue weighted by atomic mass is 9.71. The smallest absolute Gasteiger partial charge is 0.227 e. The molecule has 0 unspecified atom stereocenters. The van der Waals surface area contributed by atoms with E-state index in [1.807, 2.05) is 24.3 Å². The van der Waals surface area contributed by atoms with Crippen LogP contribution >= 0.6 is 12.4 Å². The average Bonchev–Trinajstić information content (AvgIpc) is 3.42. The quantitative estimate of drug-likeness (QED) is 0.718. The van der Waals surface area contributed by atoms with Crippen LogP contribution in [0.15, 0.2) is 24.3 Å². The largest absolute Gasteiger partial charge is 0.330 e. The number of anilines is 2. The molecule has 25 heavy (non-hydrogen) atoms. The fourth-order valence-electron chi connectivity index (χ4n) is 3.53. The lowest BCUT2D eigenvalue weighted by Gasteiger charge is -2.35. The molecular weight excluding hydrogens is 338 g/mol.